The maximum Gasteiger partial charge on any atom is 0.0314 e. The lowest BCUT2D eigenvalue weighted by Crippen LogP contribution is -2.35. The molecular formula is C17H19Br2NS. The zero-order chi connectivity index (χ0) is 15.5. The fourth-order valence-electron chi connectivity index (χ4n) is 1.79. The molecule has 1 nitrogen and oxygen atoms in total. The molecule has 0 radical (unpaired) electrons. The largest absolute Gasteiger partial charge is 0.308 e. The number of hydrogen-bond donors (Lipinski definition) is 1. The van der Waals surface area contributed by atoms with Gasteiger partial charge in [0.1, 0.15) is 0 Å². The van der Waals surface area contributed by atoms with Gasteiger partial charge in [0.2, 0.25) is 0 Å². The third-order valence-corrected chi connectivity index (χ3v) is 5.53. The van der Waals surface area contributed by atoms with E-state index in [4.69, 9.17) is 0 Å². The van der Waals surface area contributed by atoms with E-state index in [-0.39, 0.29) is 5.54 Å². The van der Waals surface area contributed by atoms with E-state index in [1.165, 1.54) is 15.4 Å². The number of hydrogen-bond acceptors (Lipinski definition) is 2. The summed E-state index contributed by atoms with van der Waals surface area (Å²) >= 11 is 8.98. The average Bonchev–Trinajstić information content (AvgIpc) is 2.40. The zero-order valence-corrected chi connectivity index (χ0v) is 16.4. The summed E-state index contributed by atoms with van der Waals surface area (Å²) in [5.41, 5.74) is 1.41. The van der Waals surface area contributed by atoms with Crippen LogP contribution in [0.1, 0.15) is 26.3 Å². The molecule has 0 fully saturated rings. The summed E-state index contributed by atoms with van der Waals surface area (Å²) in [5.74, 6) is 0. The minimum atomic E-state index is 0.109. The molecule has 0 saturated heterocycles. The minimum absolute atomic E-state index is 0.109. The molecule has 0 aliphatic carbocycles. The lowest BCUT2D eigenvalue weighted by Gasteiger charge is -2.22. The van der Waals surface area contributed by atoms with Crippen molar-refractivity contribution in [3.63, 3.8) is 0 Å². The van der Waals surface area contributed by atoms with Gasteiger partial charge < -0.3 is 5.32 Å². The van der Waals surface area contributed by atoms with Crippen LogP contribution in [0.15, 0.2) is 61.2 Å². The second-order valence-electron chi connectivity index (χ2n) is 5.89. The van der Waals surface area contributed by atoms with Crippen LogP contribution in [0.4, 0.5) is 0 Å². The van der Waals surface area contributed by atoms with Crippen molar-refractivity contribution in [3.8, 4) is 0 Å². The van der Waals surface area contributed by atoms with Crippen molar-refractivity contribution in [2.24, 2.45) is 0 Å². The Morgan fingerprint density at radius 2 is 1.71 bits per heavy atom. The number of benzene rings is 2. The zero-order valence-electron chi connectivity index (χ0n) is 12.4. The first-order chi connectivity index (χ1) is 9.85. The standard InChI is InChI=1S/C17H19Br2NS/c1-17(2,3)20-11-12-10-13(18)8-9-15(12)21-16-7-5-4-6-14(16)19/h4-10,20H,11H2,1-3H3. The first-order valence-electron chi connectivity index (χ1n) is 6.81. The van der Waals surface area contributed by atoms with Crippen molar-refractivity contribution in [2.45, 2.75) is 42.6 Å². The molecule has 0 aliphatic rings. The Labute approximate surface area is 148 Å². The molecule has 0 atom stereocenters. The Balaban J connectivity index is 2.25. The van der Waals surface area contributed by atoms with Crippen LogP contribution in [0.5, 0.6) is 0 Å². The van der Waals surface area contributed by atoms with Gasteiger partial charge in [0.05, 0.1) is 0 Å². The van der Waals surface area contributed by atoms with Crippen LogP contribution in [-0.2, 0) is 6.54 Å². The predicted octanol–water partition coefficient (Wildman–Crippen LogP) is 6.25. The second-order valence-corrected chi connectivity index (χ2v) is 8.74. The SMILES string of the molecule is CC(C)(C)NCc1cc(Br)ccc1Sc1ccccc1Br. The molecule has 0 unspecified atom stereocenters. The van der Waals surface area contributed by atoms with Crippen LogP contribution in [0.2, 0.25) is 0 Å². The minimum Gasteiger partial charge on any atom is -0.308 e. The van der Waals surface area contributed by atoms with Crippen LogP contribution >= 0.6 is 43.6 Å². The number of rotatable bonds is 4. The molecule has 0 saturated carbocycles. The van der Waals surface area contributed by atoms with Crippen molar-refractivity contribution in [1.29, 1.82) is 0 Å². The summed E-state index contributed by atoms with van der Waals surface area (Å²) in [6, 6.07) is 14.8. The Hall–Kier alpha value is -0.290. The van der Waals surface area contributed by atoms with E-state index in [9.17, 15) is 0 Å². The first-order valence-corrected chi connectivity index (χ1v) is 9.21. The summed E-state index contributed by atoms with van der Waals surface area (Å²) in [5, 5.41) is 3.56. The molecule has 0 aromatic heterocycles. The Morgan fingerprint density at radius 3 is 2.38 bits per heavy atom. The van der Waals surface area contributed by atoms with Gasteiger partial charge in [-0.15, -0.1) is 0 Å². The molecule has 2 aromatic carbocycles. The van der Waals surface area contributed by atoms with Crippen LogP contribution < -0.4 is 5.32 Å². The quantitative estimate of drug-likeness (QED) is 0.617. The van der Waals surface area contributed by atoms with Gasteiger partial charge in [-0.1, -0.05) is 39.8 Å². The van der Waals surface area contributed by atoms with Crippen molar-refractivity contribution in [3.05, 3.63) is 57.0 Å². The highest BCUT2D eigenvalue weighted by molar-refractivity contribution is 9.10. The molecule has 0 spiro atoms. The predicted molar refractivity (Wildman–Crippen MR) is 99.0 cm³/mol. The molecule has 2 rings (SSSR count). The molecule has 0 aliphatic heterocycles. The second kappa shape index (κ2) is 7.32. The maximum absolute atomic E-state index is 3.62. The number of nitrogens with one attached hydrogen (secondary N) is 1. The molecule has 0 bridgehead atoms. The van der Waals surface area contributed by atoms with Crippen LogP contribution in [0, 0.1) is 0 Å². The van der Waals surface area contributed by atoms with Gasteiger partial charge in [0.25, 0.3) is 0 Å². The summed E-state index contributed by atoms with van der Waals surface area (Å²) in [4.78, 5) is 2.51. The van der Waals surface area contributed by atoms with Crippen molar-refractivity contribution in [1.82, 2.24) is 5.32 Å². The monoisotopic (exact) mass is 427 g/mol. The third kappa shape index (κ3) is 5.44. The van der Waals surface area contributed by atoms with Crippen molar-refractivity contribution >= 4 is 43.6 Å². The van der Waals surface area contributed by atoms with E-state index in [2.05, 4.69) is 94.3 Å². The molecular weight excluding hydrogens is 410 g/mol. The van der Waals surface area contributed by atoms with Gasteiger partial charge in [-0.2, -0.15) is 0 Å². The summed E-state index contributed by atoms with van der Waals surface area (Å²) in [7, 11) is 0. The van der Waals surface area contributed by atoms with Gasteiger partial charge in [-0.25, -0.2) is 0 Å². The Bertz CT molecular complexity index is 620. The van der Waals surface area contributed by atoms with E-state index in [1.807, 2.05) is 6.07 Å². The van der Waals surface area contributed by atoms with Gasteiger partial charge in [-0.05, 0) is 72.6 Å². The van der Waals surface area contributed by atoms with Crippen LogP contribution in [0.3, 0.4) is 0 Å². The van der Waals surface area contributed by atoms with E-state index in [1.54, 1.807) is 11.8 Å². The maximum atomic E-state index is 3.62. The molecule has 0 heterocycles. The highest BCUT2D eigenvalue weighted by Gasteiger charge is 2.12. The normalized spacial score (nSPS) is 11.7. The highest BCUT2D eigenvalue weighted by Crippen LogP contribution is 2.36. The molecule has 2 aromatic rings. The highest BCUT2D eigenvalue weighted by atomic mass is 79.9. The summed E-state index contributed by atoms with van der Waals surface area (Å²) < 4.78 is 2.25. The van der Waals surface area contributed by atoms with Gasteiger partial charge in [-0.3, -0.25) is 0 Å². The lowest BCUT2D eigenvalue weighted by atomic mass is 10.1. The van der Waals surface area contributed by atoms with Gasteiger partial charge in [0.15, 0.2) is 0 Å². The first kappa shape index (κ1) is 17.1. The molecule has 21 heavy (non-hydrogen) atoms. The van der Waals surface area contributed by atoms with E-state index in [0.717, 1.165) is 15.5 Å². The average molecular weight is 429 g/mol. The fraction of sp³-hybridized carbons (Fsp3) is 0.294. The molecule has 4 heteroatoms. The molecule has 0 amide bonds. The smallest absolute Gasteiger partial charge is 0.0314 e. The third-order valence-electron chi connectivity index (χ3n) is 2.89. The summed E-state index contributed by atoms with van der Waals surface area (Å²) in [6.45, 7) is 7.42. The molecule has 112 valence electrons. The molecule has 1 N–H and O–H groups in total. The van der Waals surface area contributed by atoms with Gasteiger partial charge in [0, 0.05) is 30.8 Å². The van der Waals surface area contributed by atoms with Gasteiger partial charge >= 0.3 is 0 Å². The van der Waals surface area contributed by atoms with Crippen molar-refractivity contribution in [2.75, 3.05) is 0 Å². The van der Waals surface area contributed by atoms with E-state index in [0.29, 0.717) is 0 Å². The van der Waals surface area contributed by atoms with Crippen LogP contribution in [0.25, 0.3) is 0 Å². The Kier molecular flexibility index (Phi) is 5.95. The lowest BCUT2D eigenvalue weighted by molar-refractivity contribution is 0.422. The van der Waals surface area contributed by atoms with Crippen molar-refractivity contribution < 1.29 is 0 Å². The van der Waals surface area contributed by atoms with E-state index >= 15 is 0 Å². The number of halogens is 2. The van der Waals surface area contributed by atoms with E-state index < -0.39 is 0 Å². The van der Waals surface area contributed by atoms with Crippen LogP contribution in [-0.4, -0.2) is 5.54 Å². The summed E-state index contributed by atoms with van der Waals surface area (Å²) in [6.07, 6.45) is 0. The fourth-order valence-corrected chi connectivity index (χ4v) is 3.68. The Morgan fingerprint density at radius 1 is 1.00 bits per heavy atom. The topological polar surface area (TPSA) is 12.0 Å².